The Morgan fingerprint density at radius 1 is 1.10 bits per heavy atom. The maximum absolute atomic E-state index is 11.8. The molecule has 0 amide bonds. The molecule has 6 heteroatoms. The number of aliphatic hydroxyl groups excluding tert-OH is 1. The number of carbonyl (C=O) groups excluding carboxylic acids is 1. The minimum Gasteiger partial charge on any atom is -0.491 e. The lowest BCUT2D eigenvalue weighted by Crippen LogP contribution is -2.38. The molecule has 0 fully saturated rings. The van der Waals surface area contributed by atoms with Crippen molar-refractivity contribution in [3.05, 3.63) is 83.7 Å². The molecule has 0 spiro atoms. The highest BCUT2D eigenvalue weighted by Gasteiger charge is 2.18. The zero-order valence-corrected chi connectivity index (χ0v) is 17.5. The van der Waals surface area contributed by atoms with Gasteiger partial charge in [-0.25, -0.2) is 4.79 Å². The number of methoxy groups -OCH3 is 1. The van der Waals surface area contributed by atoms with Crippen molar-refractivity contribution in [3.63, 3.8) is 0 Å². The van der Waals surface area contributed by atoms with Crippen molar-refractivity contribution in [2.24, 2.45) is 0 Å². The molecule has 1 aromatic heterocycles. The first kappa shape index (κ1) is 21.0. The van der Waals surface area contributed by atoms with Crippen LogP contribution in [0.15, 0.2) is 67.0 Å². The molecule has 0 bridgehead atoms. The van der Waals surface area contributed by atoms with Crippen LogP contribution in [-0.2, 0) is 17.7 Å². The molecule has 0 saturated carbocycles. The second kappa shape index (κ2) is 9.73. The molecular weight excluding hydrogens is 392 g/mol. The fourth-order valence-electron chi connectivity index (χ4n) is 3.85. The van der Waals surface area contributed by atoms with E-state index in [1.165, 1.54) is 24.4 Å². The van der Waals surface area contributed by atoms with Gasteiger partial charge in [0.15, 0.2) is 0 Å². The second-order valence-corrected chi connectivity index (χ2v) is 7.70. The van der Waals surface area contributed by atoms with Crippen LogP contribution in [0.5, 0.6) is 5.75 Å². The number of nitrogens with zero attached hydrogens (tertiary/aromatic N) is 2. The normalized spacial score (nSPS) is 14.5. The topological polar surface area (TPSA) is 71.9 Å². The number of aromatic nitrogens is 1. The van der Waals surface area contributed by atoms with Crippen molar-refractivity contribution in [2.45, 2.75) is 19.1 Å². The Bertz CT molecular complexity index is 1050. The molecule has 2 heterocycles. The molecule has 1 unspecified atom stereocenters. The number of hydrogen-bond acceptors (Lipinski definition) is 6. The van der Waals surface area contributed by atoms with Crippen LogP contribution in [0.4, 0.5) is 0 Å². The Balaban J connectivity index is 1.35. The minimum atomic E-state index is -0.585. The summed E-state index contributed by atoms with van der Waals surface area (Å²) in [7, 11) is 1.34. The van der Waals surface area contributed by atoms with Crippen LogP contribution < -0.4 is 4.74 Å². The Morgan fingerprint density at radius 2 is 1.94 bits per heavy atom. The molecule has 1 N–H and O–H groups in total. The number of pyridine rings is 1. The average molecular weight is 418 g/mol. The standard InChI is InChI=1S/C25H26N2O4/c1-30-25(29)22-11-21(13-26-14-22)19-7-4-8-24(12-19)31-17-23(28)16-27-10-9-18-5-2-3-6-20(18)15-27/h2-8,11-14,23,28H,9-10,15-17H2,1H3. The van der Waals surface area contributed by atoms with Crippen molar-refractivity contribution in [1.82, 2.24) is 9.88 Å². The molecule has 1 atom stereocenters. The third-order valence-corrected chi connectivity index (χ3v) is 5.45. The highest BCUT2D eigenvalue weighted by molar-refractivity contribution is 5.90. The highest BCUT2D eigenvalue weighted by atomic mass is 16.5. The van der Waals surface area contributed by atoms with Gasteiger partial charge in [0.1, 0.15) is 18.5 Å². The quantitative estimate of drug-likeness (QED) is 0.594. The number of benzene rings is 2. The SMILES string of the molecule is COC(=O)c1cncc(-c2cccc(OCC(O)CN3CCc4ccccc4C3)c2)c1. The van der Waals surface area contributed by atoms with Gasteiger partial charge in [0.2, 0.25) is 0 Å². The molecule has 0 aliphatic carbocycles. The summed E-state index contributed by atoms with van der Waals surface area (Å²) in [6, 6.07) is 17.7. The van der Waals surface area contributed by atoms with E-state index in [0.29, 0.717) is 17.9 Å². The molecule has 4 rings (SSSR count). The zero-order chi connectivity index (χ0) is 21.6. The van der Waals surface area contributed by atoms with Crippen molar-refractivity contribution < 1.29 is 19.4 Å². The summed E-state index contributed by atoms with van der Waals surface area (Å²) in [5.41, 5.74) is 4.79. The second-order valence-electron chi connectivity index (χ2n) is 7.70. The van der Waals surface area contributed by atoms with Gasteiger partial charge in [-0.05, 0) is 41.3 Å². The van der Waals surface area contributed by atoms with Crippen LogP contribution in [0.2, 0.25) is 0 Å². The van der Waals surface area contributed by atoms with Crippen molar-refractivity contribution >= 4 is 5.97 Å². The van der Waals surface area contributed by atoms with Gasteiger partial charge in [-0.3, -0.25) is 9.88 Å². The third kappa shape index (κ3) is 5.29. The Labute approximate surface area is 182 Å². The van der Waals surface area contributed by atoms with Gasteiger partial charge in [-0.1, -0.05) is 36.4 Å². The minimum absolute atomic E-state index is 0.210. The summed E-state index contributed by atoms with van der Waals surface area (Å²) in [5, 5.41) is 10.5. The van der Waals surface area contributed by atoms with E-state index in [9.17, 15) is 9.90 Å². The molecule has 31 heavy (non-hydrogen) atoms. The predicted molar refractivity (Wildman–Crippen MR) is 118 cm³/mol. The summed E-state index contributed by atoms with van der Waals surface area (Å²) in [5.74, 6) is 0.231. The summed E-state index contributed by atoms with van der Waals surface area (Å²) < 4.78 is 10.6. The van der Waals surface area contributed by atoms with E-state index in [2.05, 4.69) is 34.1 Å². The van der Waals surface area contributed by atoms with E-state index in [-0.39, 0.29) is 6.61 Å². The van der Waals surface area contributed by atoms with Crippen LogP contribution in [0.3, 0.4) is 0 Å². The van der Waals surface area contributed by atoms with Gasteiger partial charge in [0.25, 0.3) is 0 Å². The fourth-order valence-corrected chi connectivity index (χ4v) is 3.85. The van der Waals surface area contributed by atoms with Crippen molar-refractivity contribution in [1.29, 1.82) is 0 Å². The first-order valence-electron chi connectivity index (χ1n) is 10.4. The summed E-state index contributed by atoms with van der Waals surface area (Å²) >= 11 is 0. The van der Waals surface area contributed by atoms with E-state index in [0.717, 1.165) is 30.6 Å². The average Bonchev–Trinajstić information content (AvgIpc) is 2.82. The maximum Gasteiger partial charge on any atom is 0.339 e. The van der Waals surface area contributed by atoms with Crippen molar-refractivity contribution in [3.8, 4) is 16.9 Å². The van der Waals surface area contributed by atoms with Gasteiger partial charge in [-0.15, -0.1) is 0 Å². The van der Waals surface area contributed by atoms with E-state index >= 15 is 0 Å². The molecule has 2 aromatic carbocycles. The first-order valence-corrected chi connectivity index (χ1v) is 10.4. The Kier molecular flexibility index (Phi) is 6.60. The van der Waals surface area contributed by atoms with E-state index in [1.807, 2.05) is 24.3 Å². The third-order valence-electron chi connectivity index (χ3n) is 5.45. The number of hydrogen-bond donors (Lipinski definition) is 1. The largest absolute Gasteiger partial charge is 0.491 e. The lowest BCUT2D eigenvalue weighted by Gasteiger charge is -2.30. The molecule has 1 aliphatic rings. The van der Waals surface area contributed by atoms with Gasteiger partial charge in [-0.2, -0.15) is 0 Å². The number of carbonyl (C=O) groups is 1. The lowest BCUT2D eigenvalue weighted by atomic mass is 10.00. The zero-order valence-electron chi connectivity index (χ0n) is 17.5. The predicted octanol–water partition coefficient (Wildman–Crippen LogP) is 3.33. The lowest BCUT2D eigenvalue weighted by molar-refractivity contribution is 0.0600. The molecule has 160 valence electrons. The smallest absolute Gasteiger partial charge is 0.339 e. The van der Waals surface area contributed by atoms with Crippen LogP contribution in [-0.4, -0.2) is 53.9 Å². The first-order chi connectivity index (χ1) is 15.1. The van der Waals surface area contributed by atoms with Gasteiger partial charge >= 0.3 is 5.97 Å². The van der Waals surface area contributed by atoms with Crippen LogP contribution in [0, 0.1) is 0 Å². The number of fused-ring (bicyclic) bond motifs is 1. The van der Waals surface area contributed by atoms with Crippen LogP contribution in [0.25, 0.3) is 11.1 Å². The van der Waals surface area contributed by atoms with E-state index in [1.54, 1.807) is 12.3 Å². The molecular formula is C25H26N2O4. The van der Waals surface area contributed by atoms with E-state index < -0.39 is 12.1 Å². The number of ether oxygens (including phenoxy) is 2. The number of rotatable bonds is 7. The van der Waals surface area contributed by atoms with Gasteiger partial charge in [0, 0.05) is 37.6 Å². The highest BCUT2D eigenvalue weighted by Crippen LogP contribution is 2.24. The fraction of sp³-hybridized carbons (Fsp3) is 0.280. The molecule has 0 saturated heterocycles. The molecule has 1 aliphatic heterocycles. The monoisotopic (exact) mass is 418 g/mol. The molecule has 6 nitrogen and oxygen atoms in total. The summed E-state index contributed by atoms with van der Waals surface area (Å²) in [4.78, 5) is 18.1. The number of β-amino-alcohol motifs (C(OH)–C–C–N with tert-alkyl or cyclic N) is 1. The summed E-state index contributed by atoms with van der Waals surface area (Å²) in [6.07, 6.45) is 3.59. The van der Waals surface area contributed by atoms with Crippen molar-refractivity contribution in [2.75, 3.05) is 26.8 Å². The number of aliphatic hydroxyl groups is 1. The summed E-state index contributed by atoms with van der Waals surface area (Å²) in [6.45, 7) is 2.57. The maximum atomic E-state index is 11.8. The van der Waals surface area contributed by atoms with Gasteiger partial charge in [0.05, 0.1) is 12.7 Å². The van der Waals surface area contributed by atoms with Crippen LogP contribution in [0.1, 0.15) is 21.5 Å². The Morgan fingerprint density at radius 3 is 2.77 bits per heavy atom. The molecule has 0 radical (unpaired) electrons. The van der Waals surface area contributed by atoms with Gasteiger partial charge < -0.3 is 14.6 Å². The van der Waals surface area contributed by atoms with Crippen LogP contribution >= 0.6 is 0 Å². The Hall–Kier alpha value is -3.22. The molecule has 3 aromatic rings. The number of esters is 1. The van der Waals surface area contributed by atoms with E-state index in [4.69, 9.17) is 9.47 Å².